The van der Waals surface area contributed by atoms with Crippen molar-refractivity contribution >= 4 is 0 Å². The zero-order valence-corrected chi connectivity index (χ0v) is 11.6. The van der Waals surface area contributed by atoms with Crippen LogP contribution in [0.2, 0.25) is 0 Å². The van der Waals surface area contributed by atoms with Gasteiger partial charge in [0.25, 0.3) is 0 Å². The van der Waals surface area contributed by atoms with Gasteiger partial charge in [0.15, 0.2) is 0 Å². The summed E-state index contributed by atoms with van der Waals surface area (Å²) < 4.78 is 0. The maximum absolute atomic E-state index is 3.56. The predicted octanol–water partition coefficient (Wildman–Crippen LogP) is 1.40. The number of rotatable bonds is 6. The lowest BCUT2D eigenvalue weighted by Crippen LogP contribution is -2.45. The summed E-state index contributed by atoms with van der Waals surface area (Å²) in [6.45, 7) is 6.03. The molecule has 1 saturated carbocycles. The zero-order chi connectivity index (χ0) is 12.1. The van der Waals surface area contributed by atoms with Crippen molar-refractivity contribution in [3.05, 3.63) is 0 Å². The molecule has 100 valence electrons. The van der Waals surface area contributed by atoms with E-state index in [1.807, 2.05) is 0 Å². The number of nitrogens with one attached hydrogen (secondary N) is 1. The predicted molar refractivity (Wildman–Crippen MR) is 73.4 cm³/mol. The van der Waals surface area contributed by atoms with Crippen LogP contribution < -0.4 is 5.32 Å². The Morgan fingerprint density at radius 3 is 2.76 bits per heavy atom. The monoisotopic (exact) mass is 239 g/mol. The van der Waals surface area contributed by atoms with Crippen molar-refractivity contribution in [1.82, 2.24) is 15.1 Å². The quantitative estimate of drug-likeness (QED) is 0.707. The Kier molecular flexibility index (Phi) is 5.26. The van der Waals surface area contributed by atoms with Crippen LogP contribution in [0, 0.1) is 5.92 Å². The van der Waals surface area contributed by atoms with Gasteiger partial charge in [-0.3, -0.25) is 4.90 Å². The fourth-order valence-electron chi connectivity index (χ4n) is 3.49. The Balaban J connectivity index is 1.61. The van der Waals surface area contributed by atoms with Gasteiger partial charge in [0.05, 0.1) is 0 Å². The van der Waals surface area contributed by atoms with Gasteiger partial charge in [-0.1, -0.05) is 6.42 Å². The summed E-state index contributed by atoms with van der Waals surface area (Å²) in [4.78, 5) is 4.99. The largest absolute Gasteiger partial charge is 0.314 e. The lowest BCUT2D eigenvalue weighted by Gasteiger charge is -2.37. The second-order valence-corrected chi connectivity index (χ2v) is 5.99. The number of nitrogens with zero attached hydrogens (tertiary/aromatic N) is 2. The molecule has 1 saturated heterocycles. The Labute approximate surface area is 107 Å². The molecule has 2 atom stereocenters. The highest BCUT2D eigenvalue weighted by Crippen LogP contribution is 2.36. The fourth-order valence-corrected chi connectivity index (χ4v) is 3.49. The van der Waals surface area contributed by atoms with Gasteiger partial charge in [0, 0.05) is 32.2 Å². The molecule has 0 spiro atoms. The molecule has 2 fully saturated rings. The molecule has 0 radical (unpaired) electrons. The molecule has 2 aliphatic rings. The molecule has 0 aromatic heterocycles. The van der Waals surface area contributed by atoms with Crippen LogP contribution in [0.4, 0.5) is 0 Å². The lowest BCUT2D eigenvalue weighted by molar-refractivity contribution is 0.114. The van der Waals surface area contributed by atoms with Crippen molar-refractivity contribution in [1.29, 1.82) is 0 Å². The van der Waals surface area contributed by atoms with Crippen molar-refractivity contribution in [2.75, 3.05) is 46.8 Å². The van der Waals surface area contributed by atoms with Crippen LogP contribution >= 0.6 is 0 Å². The van der Waals surface area contributed by atoms with Crippen LogP contribution in [0.3, 0.4) is 0 Å². The normalized spacial score (nSPS) is 29.8. The van der Waals surface area contributed by atoms with Crippen molar-refractivity contribution < 1.29 is 0 Å². The van der Waals surface area contributed by atoms with E-state index in [-0.39, 0.29) is 0 Å². The number of likely N-dealkylation sites (tertiary alicyclic amines) is 1. The third-order valence-corrected chi connectivity index (χ3v) is 4.42. The number of fused-ring (bicyclic) bond motifs is 1. The van der Waals surface area contributed by atoms with E-state index in [1.165, 1.54) is 45.2 Å². The van der Waals surface area contributed by atoms with E-state index in [4.69, 9.17) is 0 Å². The second-order valence-electron chi connectivity index (χ2n) is 5.99. The summed E-state index contributed by atoms with van der Waals surface area (Å²) in [5.74, 6) is 1.03. The van der Waals surface area contributed by atoms with Crippen LogP contribution in [0.25, 0.3) is 0 Å². The molecule has 1 N–H and O–H groups in total. The van der Waals surface area contributed by atoms with Gasteiger partial charge in [-0.25, -0.2) is 0 Å². The molecule has 0 aromatic carbocycles. The molecule has 3 nitrogen and oxygen atoms in total. The SMILES string of the molecule is CN(C)CCNCCN1CCCC2CCCC21. The standard InChI is InChI=1S/C14H29N3/c1-16(2)11-8-15-9-12-17-10-4-6-13-5-3-7-14(13)17/h13-15H,3-12H2,1-2H3. The van der Waals surface area contributed by atoms with Crippen LogP contribution in [-0.2, 0) is 0 Å². The van der Waals surface area contributed by atoms with Gasteiger partial charge in [-0.15, -0.1) is 0 Å². The Hall–Kier alpha value is -0.120. The van der Waals surface area contributed by atoms with Crippen LogP contribution in [0.15, 0.2) is 0 Å². The highest BCUT2D eigenvalue weighted by molar-refractivity contribution is 4.89. The summed E-state index contributed by atoms with van der Waals surface area (Å²) in [6, 6.07) is 0.930. The first-order chi connectivity index (χ1) is 8.27. The number of piperidine rings is 1. The van der Waals surface area contributed by atoms with Crippen LogP contribution in [0.5, 0.6) is 0 Å². The summed E-state index contributed by atoms with van der Waals surface area (Å²) in [6.07, 6.45) is 7.35. The molecular weight excluding hydrogens is 210 g/mol. The van der Waals surface area contributed by atoms with E-state index < -0.39 is 0 Å². The Bertz CT molecular complexity index is 218. The smallest absolute Gasteiger partial charge is 0.0124 e. The van der Waals surface area contributed by atoms with E-state index in [2.05, 4.69) is 29.2 Å². The lowest BCUT2D eigenvalue weighted by atomic mass is 9.92. The summed E-state index contributed by atoms with van der Waals surface area (Å²) >= 11 is 0. The molecule has 3 heteroatoms. The maximum Gasteiger partial charge on any atom is 0.0124 e. The number of likely N-dealkylation sites (N-methyl/N-ethyl adjacent to an activating group) is 1. The average molecular weight is 239 g/mol. The van der Waals surface area contributed by atoms with Gasteiger partial charge >= 0.3 is 0 Å². The van der Waals surface area contributed by atoms with E-state index in [0.29, 0.717) is 0 Å². The molecule has 0 amide bonds. The van der Waals surface area contributed by atoms with Crippen molar-refractivity contribution in [2.45, 2.75) is 38.1 Å². The molecule has 17 heavy (non-hydrogen) atoms. The van der Waals surface area contributed by atoms with E-state index in [9.17, 15) is 0 Å². The van der Waals surface area contributed by atoms with Crippen molar-refractivity contribution in [3.63, 3.8) is 0 Å². The molecular formula is C14H29N3. The van der Waals surface area contributed by atoms with E-state index in [1.54, 1.807) is 0 Å². The molecule has 2 rings (SSSR count). The third kappa shape index (κ3) is 3.94. The third-order valence-electron chi connectivity index (χ3n) is 4.42. The Morgan fingerprint density at radius 2 is 1.94 bits per heavy atom. The van der Waals surface area contributed by atoms with Gasteiger partial charge in [-0.2, -0.15) is 0 Å². The highest BCUT2D eigenvalue weighted by atomic mass is 15.2. The molecule has 0 bridgehead atoms. The number of hydrogen-bond donors (Lipinski definition) is 1. The average Bonchev–Trinajstić information content (AvgIpc) is 2.77. The highest BCUT2D eigenvalue weighted by Gasteiger charge is 2.34. The first-order valence-electron chi connectivity index (χ1n) is 7.37. The minimum absolute atomic E-state index is 0.930. The van der Waals surface area contributed by atoms with Crippen molar-refractivity contribution in [2.24, 2.45) is 5.92 Å². The van der Waals surface area contributed by atoms with Gasteiger partial charge < -0.3 is 10.2 Å². The first kappa shape index (κ1) is 13.3. The molecule has 1 aliphatic heterocycles. The topological polar surface area (TPSA) is 18.5 Å². The summed E-state index contributed by atoms with van der Waals surface area (Å²) in [5, 5.41) is 3.56. The molecule has 2 unspecified atom stereocenters. The minimum Gasteiger partial charge on any atom is -0.314 e. The van der Waals surface area contributed by atoms with Crippen molar-refractivity contribution in [3.8, 4) is 0 Å². The van der Waals surface area contributed by atoms with Gasteiger partial charge in [0.2, 0.25) is 0 Å². The van der Waals surface area contributed by atoms with E-state index in [0.717, 1.165) is 31.6 Å². The maximum atomic E-state index is 3.56. The van der Waals surface area contributed by atoms with Crippen LogP contribution in [-0.4, -0.2) is 62.7 Å². The van der Waals surface area contributed by atoms with Gasteiger partial charge in [0.1, 0.15) is 0 Å². The molecule has 1 heterocycles. The molecule has 1 aliphatic carbocycles. The first-order valence-corrected chi connectivity index (χ1v) is 7.37. The van der Waals surface area contributed by atoms with Crippen LogP contribution in [0.1, 0.15) is 32.1 Å². The van der Waals surface area contributed by atoms with Gasteiger partial charge in [-0.05, 0) is 52.2 Å². The summed E-state index contributed by atoms with van der Waals surface area (Å²) in [7, 11) is 4.27. The summed E-state index contributed by atoms with van der Waals surface area (Å²) in [5.41, 5.74) is 0. The fraction of sp³-hybridized carbons (Fsp3) is 1.00. The Morgan fingerprint density at radius 1 is 1.12 bits per heavy atom. The minimum atomic E-state index is 0.930. The zero-order valence-electron chi connectivity index (χ0n) is 11.6. The van der Waals surface area contributed by atoms with E-state index >= 15 is 0 Å². The second kappa shape index (κ2) is 6.72. The molecule has 0 aromatic rings. The number of hydrogen-bond acceptors (Lipinski definition) is 3.